The summed E-state index contributed by atoms with van der Waals surface area (Å²) < 4.78 is 60.3. The van der Waals surface area contributed by atoms with Crippen molar-refractivity contribution in [3.05, 3.63) is 252 Å². The van der Waals surface area contributed by atoms with E-state index in [9.17, 15) is 19.2 Å². The van der Waals surface area contributed by atoms with E-state index in [0.29, 0.717) is 72.3 Å². The Kier molecular flexibility index (Phi) is 34.9. The number of halogens is 1. The molecule has 22 nitrogen and oxygen atoms in total. The highest BCUT2D eigenvalue weighted by Crippen LogP contribution is 2.37. The maximum atomic E-state index is 11.9. The van der Waals surface area contributed by atoms with Gasteiger partial charge in [0.15, 0.2) is 23.1 Å². The molecule has 4 heterocycles. The normalized spacial score (nSPS) is 11.7. The van der Waals surface area contributed by atoms with Crippen LogP contribution in [0.5, 0.6) is 28.7 Å². The summed E-state index contributed by atoms with van der Waals surface area (Å²) in [7, 11) is 5.67. The fraction of sp³-hybridized carbons (Fsp3) is 0.379. The van der Waals surface area contributed by atoms with Gasteiger partial charge in [-0.05, 0) is 228 Å². The van der Waals surface area contributed by atoms with Crippen molar-refractivity contribution in [2.45, 2.75) is 187 Å². The first-order chi connectivity index (χ1) is 59.7. The van der Waals surface area contributed by atoms with E-state index in [-0.39, 0.29) is 49.6 Å². The van der Waals surface area contributed by atoms with E-state index >= 15 is 0 Å². The van der Waals surface area contributed by atoms with Gasteiger partial charge in [0.25, 0.3) is 0 Å². The number of methoxy groups -OCH3 is 1. The van der Waals surface area contributed by atoms with Gasteiger partial charge in [-0.1, -0.05) is 170 Å². The zero-order chi connectivity index (χ0) is 91.8. The molecule has 0 aliphatic carbocycles. The third-order valence-corrected chi connectivity index (χ3v) is 20.9. The summed E-state index contributed by atoms with van der Waals surface area (Å²) in [4.78, 5) is 49.4. The fourth-order valence-corrected chi connectivity index (χ4v) is 12.3. The van der Waals surface area contributed by atoms with Crippen molar-refractivity contribution in [1.29, 1.82) is 0 Å². The largest absolute Gasteiger partial charge is 0.494 e. The quantitative estimate of drug-likeness (QED) is 0.0350. The first-order valence-corrected chi connectivity index (χ1v) is 43.2. The maximum absolute atomic E-state index is 11.9. The van der Waals surface area contributed by atoms with Crippen LogP contribution in [0.3, 0.4) is 0 Å². The average molecular weight is 1730 g/mol. The van der Waals surface area contributed by atoms with Gasteiger partial charge >= 0.3 is 0 Å². The number of rotatable bonds is 38. The number of Topliss-reactive ketones (excluding diaryl/α,β-unsaturated/α-hetero) is 4. The lowest BCUT2D eigenvalue weighted by molar-refractivity contribution is -0.140. The summed E-state index contributed by atoms with van der Waals surface area (Å²) in [5.74, 6) is 5.64. The first kappa shape index (κ1) is 98.0. The maximum Gasteiger partial charge on any atom is 0.161 e. The average Bonchev–Trinajstić information content (AvgIpc) is 1.67. The minimum atomic E-state index is -0.876. The van der Waals surface area contributed by atoms with Crippen molar-refractivity contribution in [1.82, 2.24) is 39.1 Å². The Bertz CT molecular complexity index is 5580. The molecule has 23 heteroatoms. The van der Waals surface area contributed by atoms with Gasteiger partial charge in [0, 0.05) is 36.3 Å². The van der Waals surface area contributed by atoms with Crippen LogP contribution < -0.4 is 28.6 Å². The molecular formula is C103H126ClN9O13. The fourth-order valence-electron chi connectivity index (χ4n) is 12.0. The zero-order valence-electron chi connectivity index (χ0n) is 77.5. The highest BCUT2D eigenvalue weighted by Gasteiger charge is 2.30. The number of hydrogen-bond donors (Lipinski definition) is 0. The Morgan fingerprint density at radius 1 is 0.341 bits per heavy atom. The van der Waals surface area contributed by atoms with Crippen LogP contribution in [0.1, 0.15) is 161 Å². The standard InChI is InChI=1S/C27H35N3O3.C26H32N2O4.C25H29ClN2O3.C25H30N2O3/c1-19(2)17-32-23-12-10-11-21(15-23)26-16-22(18-33-27(4,5)20(3)31)28-30(26)25-14-9-8-13-24(25)29(6)7;1-18(2)16-31-22-11-9-10-20(14-22)24-15-21(17-32-26(4,5)19(3)29)27-28(24)23-12-7-8-13-25(23)30-6;1-17(2)15-30-21-10-8-9-19(13-21)24-14-20(16-31-25(4,5)18(3)29)27-28(24)23-12-7-6-11-22(23)26;1-18(2)16-29-23-13-9-10-20(14-23)24-15-21(17-30-25(4,5)19(3)28)26-27(24)22-11-7-6-8-12-22/h8-16,19H,17-18H2,1-7H3;7-15,18H,16-17H2,1-6H3;6-14,17H,15-16H2,1-5H3;6-15,18H,16-17H2,1-5H3. The molecule has 668 valence electrons. The number of ketones is 4. The van der Waals surface area contributed by atoms with Crippen LogP contribution >= 0.6 is 11.6 Å². The summed E-state index contributed by atoms with van der Waals surface area (Å²) in [6.07, 6.45) is 0. The number of carbonyl (C=O) groups excluding carboxylic acids is 4. The molecule has 126 heavy (non-hydrogen) atoms. The van der Waals surface area contributed by atoms with E-state index < -0.39 is 22.4 Å². The summed E-state index contributed by atoms with van der Waals surface area (Å²) in [5, 5.41) is 19.8. The van der Waals surface area contributed by atoms with E-state index in [4.69, 9.17) is 74.6 Å². The summed E-state index contributed by atoms with van der Waals surface area (Å²) in [6, 6.07) is 73.3. The van der Waals surface area contributed by atoms with Crippen molar-refractivity contribution < 1.29 is 61.8 Å². The number of carbonyl (C=O) groups is 4. The predicted molar refractivity (Wildman–Crippen MR) is 501 cm³/mol. The number of hydrogen-bond acceptors (Lipinski definition) is 18. The lowest BCUT2D eigenvalue weighted by Gasteiger charge is -2.21. The lowest BCUT2D eigenvalue weighted by Crippen LogP contribution is -2.32. The molecule has 0 saturated carbocycles. The van der Waals surface area contributed by atoms with E-state index in [2.05, 4.69) is 78.5 Å². The molecule has 0 bridgehead atoms. The Balaban J connectivity index is 0.000000190. The Hall–Kier alpha value is -11.8. The summed E-state index contributed by atoms with van der Waals surface area (Å²) in [5.41, 5.74) is 11.5. The third-order valence-electron chi connectivity index (χ3n) is 20.6. The second kappa shape index (κ2) is 44.9. The predicted octanol–water partition coefficient (Wildman–Crippen LogP) is 22.6. The number of benzene rings is 8. The second-order valence-electron chi connectivity index (χ2n) is 34.9. The molecular weight excluding hydrogens is 1610 g/mol. The SMILES string of the molecule is CC(=O)C(C)(C)OCc1cc(-c2cccc(OCC(C)C)c2)n(-c2ccccc2)n1.CC(=O)C(C)(C)OCc1cc(-c2cccc(OCC(C)C)c2)n(-c2ccccc2Cl)n1.CC(=O)C(C)(C)OCc1cc(-c2cccc(OCC(C)C)c2)n(-c2ccccc2N(C)C)n1.COc1ccccc1-n1nc(COC(C)(C)C(C)=O)cc1-c1cccc(OCC(C)C)c1. The van der Waals surface area contributed by atoms with E-state index in [0.717, 1.165) is 108 Å². The van der Waals surface area contributed by atoms with E-state index in [1.54, 1.807) is 69.4 Å². The second-order valence-corrected chi connectivity index (χ2v) is 35.3. The summed E-state index contributed by atoms with van der Waals surface area (Å²) >= 11 is 6.47. The van der Waals surface area contributed by atoms with Crippen molar-refractivity contribution in [3.63, 3.8) is 0 Å². The van der Waals surface area contributed by atoms with Gasteiger partial charge in [-0.2, -0.15) is 20.4 Å². The smallest absolute Gasteiger partial charge is 0.161 e. The van der Waals surface area contributed by atoms with Crippen molar-refractivity contribution >= 4 is 40.4 Å². The Morgan fingerprint density at radius 2 is 0.619 bits per heavy atom. The number of ether oxygens (including phenoxy) is 9. The van der Waals surface area contributed by atoms with Gasteiger partial charge in [0.05, 0.1) is 133 Å². The molecule has 0 saturated heterocycles. The zero-order valence-corrected chi connectivity index (χ0v) is 78.3. The molecule has 0 atom stereocenters. The molecule has 0 unspecified atom stereocenters. The minimum Gasteiger partial charge on any atom is -0.494 e. The molecule has 0 amide bonds. The third kappa shape index (κ3) is 27.9. The number of nitrogens with zero attached hydrogens (tertiary/aromatic N) is 9. The number of para-hydroxylation sites is 6. The Morgan fingerprint density at radius 3 is 0.937 bits per heavy atom. The van der Waals surface area contributed by atoms with Crippen LogP contribution in [0.2, 0.25) is 5.02 Å². The van der Waals surface area contributed by atoms with Crippen LogP contribution in [-0.4, -0.2) is 132 Å². The molecule has 0 N–H and O–H groups in total. The monoisotopic (exact) mass is 1730 g/mol. The number of aromatic nitrogens is 8. The first-order valence-electron chi connectivity index (χ1n) is 42.8. The van der Waals surface area contributed by atoms with E-state index in [1.165, 1.54) is 20.8 Å². The molecule has 4 aromatic heterocycles. The van der Waals surface area contributed by atoms with Crippen molar-refractivity contribution in [3.8, 4) is 96.5 Å². The molecule has 0 spiro atoms. The van der Waals surface area contributed by atoms with Crippen molar-refractivity contribution in [2.75, 3.05) is 52.5 Å². The van der Waals surface area contributed by atoms with Gasteiger partial charge in [-0.25, -0.2) is 18.7 Å². The van der Waals surface area contributed by atoms with Gasteiger partial charge in [-0.15, -0.1) is 0 Å². The molecule has 0 aliphatic heterocycles. The minimum absolute atomic E-state index is 0.0137. The molecule has 0 radical (unpaired) electrons. The van der Waals surface area contributed by atoms with Crippen LogP contribution in [0.15, 0.2) is 224 Å². The highest BCUT2D eigenvalue weighted by molar-refractivity contribution is 6.32. The molecule has 12 rings (SSSR count). The molecule has 12 aromatic rings. The number of anilines is 1. The van der Waals surface area contributed by atoms with Gasteiger partial charge in [0.1, 0.15) is 56.8 Å². The van der Waals surface area contributed by atoms with Crippen LogP contribution in [0.4, 0.5) is 5.69 Å². The van der Waals surface area contributed by atoms with Crippen molar-refractivity contribution in [2.24, 2.45) is 23.7 Å². The van der Waals surface area contributed by atoms with Crippen LogP contribution in [0, 0.1) is 23.7 Å². The Labute approximate surface area is 749 Å². The molecule has 8 aromatic carbocycles. The molecule has 0 aliphatic rings. The topological polar surface area (TPSA) is 226 Å². The van der Waals surface area contributed by atoms with Crippen LogP contribution in [0.25, 0.3) is 67.8 Å². The van der Waals surface area contributed by atoms with Gasteiger partial charge < -0.3 is 47.5 Å². The summed E-state index contributed by atoms with van der Waals surface area (Å²) in [6.45, 7) is 40.8. The lowest BCUT2D eigenvalue weighted by atomic mass is 10.1. The highest BCUT2D eigenvalue weighted by atomic mass is 35.5. The molecule has 0 fully saturated rings. The van der Waals surface area contributed by atoms with Gasteiger partial charge in [-0.3, -0.25) is 19.2 Å². The van der Waals surface area contributed by atoms with Gasteiger partial charge in [0.2, 0.25) is 0 Å². The van der Waals surface area contributed by atoms with Crippen LogP contribution in [-0.2, 0) is 64.6 Å². The van der Waals surface area contributed by atoms with E-state index in [1.807, 2.05) is 239 Å².